The highest BCUT2D eigenvalue weighted by Gasteiger charge is 2.33. The van der Waals surface area contributed by atoms with Gasteiger partial charge in [-0.15, -0.1) is 0 Å². The molecule has 1 aliphatic rings. The molecule has 1 amide bonds. The number of hydrogen-bond acceptors (Lipinski definition) is 2. The normalized spacial score (nSPS) is 17.0. The van der Waals surface area contributed by atoms with Crippen molar-refractivity contribution in [2.75, 3.05) is 0 Å². The second-order valence-electron chi connectivity index (χ2n) is 8.83. The summed E-state index contributed by atoms with van der Waals surface area (Å²) in [6.07, 6.45) is 8.25. The van der Waals surface area contributed by atoms with E-state index in [2.05, 4.69) is 9.88 Å². The van der Waals surface area contributed by atoms with Crippen molar-refractivity contribution in [3.05, 3.63) is 36.0 Å². The van der Waals surface area contributed by atoms with E-state index in [4.69, 9.17) is 0 Å². The Hall–Kier alpha value is -2.30. The summed E-state index contributed by atoms with van der Waals surface area (Å²) in [4.78, 5) is 24.6. The molecule has 0 radical (unpaired) electrons. The number of benzene rings is 1. The van der Waals surface area contributed by atoms with Gasteiger partial charge in [-0.3, -0.25) is 4.79 Å². The van der Waals surface area contributed by atoms with Gasteiger partial charge in [0.2, 0.25) is 0 Å². The number of aromatic nitrogens is 1. The number of nitrogens with one attached hydrogen (secondary N) is 1. The van der Waals surface area contributed by atoms with E-state index in [1.54, 1.807) is 0 Å². The molecule has 0 aliphatic heterocycles. The molecule has 1 aromatic carbocycles. The lowest BCUT2D eigenvalue weighted by atomic mass is 9.86. The van der Waals surface area contributed by atoms with Crippen LogP contribution in [0.4, 0.5) is 0 Å². The van der Waals surface area contributed by atoms with Crippen LogP contribution >= 0.6 is 0 Å². The molecule has 0 saturated heterocycles. The summed E-state index contributed by atoms with van der Waals surface area (Å²) >= 11 is 0. The van der Waals surface area contributed by atoms with Gasteiger partial charge in [0, 0.05) is 23.6 Å². The fourth-order valence-corrected chi connectivity index (χ4v) is 4.08. The van der Waals surface area contributed by atoms with E-state index >= 15 is 0 Å². The summed E-state index contributed by atoms with van der Waals surface area (Å²) in [5, 5.41) is 13.1. The Kier molecular flexibility index (Phi) is 5.59. The fourth-order valence-electron chi connectivity index (χ4n) is 4.08. The molecular weight excluding hydrogens is 340 g/mol. The Labute approximate surface area is 160 Å². The Balaban J connectivity index is 1.89. The first-order chi connectivity index (χ1) is 12.8. The largest absolute Gasteiger partial charge is 0.480 e. The molecule has 0 spiro atoms. The van der Waals surface area contributed by atoms with Crippen LogP contribution in [0.3, 0.4) is 0 Å². The summed E-state index contributed by atoms with van der Waals surface area (Å²) in [6.45, 7) is 6.37. The van der Waals surface area contributed by atoms with Crippen molar-refractivity contribution < 1.29 is 14.7 Å². The fraction of sp³-hybridized carbons (Fsp3) is 0.545. The molecule has 1 heterocycles. The number of nitrogens with zero attached hydrogens (tertiary/aromatic N) is 1. The minimum Gasteiger partial charge on any atom is -0.480 e. The molecule has 1 aromatic heterocycles. The zero-order chi connectivity index (χ0) is 19.6. The number of hydrogen-bond donors (Lipinski definition) is 2. The molecule has 2 aromatic rings. The molecule has 1 saturated carbocycles. The Morgan fingerprint density at radius 1 is 1.19 bits per heavy atom. The van der Waals surface area contributed by atoms with Gasteiger partial charge in [-0.05, 0) is 30.2 Å². The van der Waals surface area contributed by atoms with Crippen molar-refractivity contribution in [1.82, 2.24) is 9.88 Å². The minimum atomic E-state index is -1.01. The molecule has 1 atom stereocenters. The highest BCUT2D eigenvalue weighted by atomic mass is 16.4. The smallest absolute Gasteiger partial charge is 0.326 e. The lowest BCUT2D eigenvalue weighted by Gasteiger charge is -2.27. The van der Waals surface area contributed by atoms with Crippen molar-refractivity contribution in [3.8, 4) is 0 Å². The number of carboxylic acids is 1. The van der Waals surface area contributed by atoms with Crippen LogP contribution in [-0.4, -0.2) is 27.6 Å². The number of carbonyl (C=O) groups excluding carboxylic acids is 1. The third kappa shape index (κ3) is 4.34. The van der Waals surface area contributed by atoms with Crippen molar-refractivity contribution in [2.45, 2.75) is 65.5 Å². The SMILES string of the molecule is CC(C)(C)[C@H](NC(=O)c1cn(CC2CCCCC2)c2ccccc12)C(=O)O. The lowest BCUT2D eigenvalue weighted by molar-refractivity contribution is -0.142. The number of rotatable bonds is 5. The van der Waals surface area contributed by atoms with E-state index in [-0.39, 0.29) is 5.91 Å². The molecule has 0 unspecified atom stereocenters. The first kappa shape index (κ1) is 19.5. The van der Waals surface area contributed by atoms with Gasteiger partial charge in [0.1, 0.15) is 6.04 Å². The molecular formula is C22H30N2O3. The number of carboxylic acid groups (broad SMARTS) is 1. The quantitative estimate of drug-likeness (QED) is 0.817. The van der Waals surface area contributed by atoms with Crippen LogP contribution in [0.15, 0.2) is 30.5 Å². The van der Waals surface area contributed by atoms with E-state index in [0.29, 0.717) is 11.5 Å². The Morgan fingerprint density at radius 3 is 2.48 bits per heavy atom. The third-order valence-electron chi connectivity index (χ3n) is 5.60. The average molecular weight is 370 g/mol. The maximum absolute atomic E-state index is 12.9. The van der Waals surface area contributed by atoms with Gasteiger partial charge in [-0.1, -0.05) is 58.2 Å². The highest BCUT2D eigenvalue weighted by molar-refractivity contribution is 6.08. The van der Waals surface area contributed by atoms with Crippen LogP contribution in [0.1, 0.15) is 63.2 Å². The van der Waals surface area contributed by atoms with E-state index in [9.17, 15) is 14.7 Å². The molecule has 27 heavy (non-hydrogen) atoms. The first-order valence-electron chi connectivity index (χ1n) is 9.89. The molecule has 0 bridgehead atoms. The topological polar surface area (TPSA) is 71.3 Å². The van der Waals surface area contributed by atoms with Crippen LogP contribution in [0.5, 0.6) is 0 Å². The highest BCUT2D eigenvalue weighted by Crippen LogP contribution is 2.29. The van der Waals surface area contributed by atoms with Crippen LogP contribution in [0, 0.1) is 11.3 Å². The van der Waals surface area contributed by atoms with Crippen LogP contribution in [0.25, 0.3) is 10.9 Å². The predicted octanol–water partition coefficient (Wildman–Crippen LogP) is 4.45. The van der Waals surface area contributed by atoms with Gasteiger partial charge >= 0.3 is 5.97 Å². The Morgan fingerprint density at radius 2 is 1.85 bits per heavy atom. The molecule has 1 aliphatic carbocycles. The van der Waals surface area contributed by atoms with Gasteiger partial charge < -0.3 is 15.0 Å². The van der Waals surface area contributed by atoms with Gasteiger partial charge in [0.05, 0.1) is 5.56 Å². The number of carbonyl (C=O) groups is 2. The van der Waals surface area contributed by atoms with Gasteiger partial charge in [-0.2, -0.15) is 0 Å². The summed E-state index contributed by atoms with van der Waals surface area (Å²) in [5.74, 6) is -0.690. The summed E-state index contributed by atoms with van der Waals surface area (Å²) in [6, 6.07) is 6.94. The monoisotopic (exact) mass is 370 g/mol. The zero-order valence-corrected chi connectivity index (χ0v) is 16.5. The minimum absolute atomic E-state index is 0.323. The van der Waals surface area contributed by atoms with E-state index < -0.39 is 17.4 Å². The average Bonchev–Trinajstić information content (AvgIpc) is 2.98. The van der Waals surface area contributed by atoms with Crippen molar-refractivity contribution >= 4 is 22.8 Å². The summed E-state index contributed by atoms with van der Waals surface area (Å²) in [7, 11) is 0. The van der Waals surface area contributed by atoms with E-state index in [0.717, 1.165) is 17.4 Å². The standard InChI is InChI=1S/C22H30N2O3/c1-22(2,3)19(21(26)27)23-20(25)17-14-24(13-15-9-5-4-6-10-15)18-12-8-7-11-16(17)18/h7-8,11-12,14-15,19H,4-6,9-10,13H2,1-3H3,(H,23,25)(H,26,27)/t19-/m1/s1. The van der Waals surface area contributed by atoms with Gasteiger partial charge in [0.15, 0.2) is 0 Å². The molecule has 5 nitrogen and oxygen atoms in total. The Bertz CT molecular complexity index is 826. The number of para-hydroxylation sites is 1. The predicted molar refractivity (Wildman–Crippen MR) is 107 cm³/mol. The maximum atomic E-state index is 12.9. The van der Waals surface area contributed by atoms with E-state index in [1.807, 2.05) is 51.2 Å². The number of amides is 1. The second kappa shape index (κ2) is 7.75. The molecule has 3 rings (SSSR count). The third-order valence-corrected chi connectivity index (χ3v) is 5.60. The molecule has 2 N–H and O–H groups in total. The molecule has 1 fully saturated rings. The van der Waals surface area contributed by atoms with Crippen molar-refractivity contribution in [3.63, 3.8) is 0 Å². The first-order valence-corrected chi connectivity index (χ1v) is 9.89. The van der Waals surface area contributed by atoms with Crippen molar-refractivity contribution in [1.29, 1.82) is 0 Å². The second-order valence-corrected chi connectivity index (χ2v) is 8.83. The van der Waals surface area contributed by atoms with Crippen molar-refractivity contribution in [2.24, 2.45) is 11.3 Å². The molecule has 146 valence electrons. The van der Waals surface area contributed by atoms with E-state index in [1.165, 1.54) is 32.1 Å². The van der Waals surface area contributed by atoms with Crippen LogP contribution < -0.4 is 5.32 Å². The number of aliphatic carboxylic acids is 1. The van der Waals surface area contributed by atoms with Crippen LogP contribution in [0.2, 0.25) is 0 Å². The van der Waals surface area contributed by atoms with Gasteiger partial charge in [-0.25, -0.2) is 4.79 Å². The maximum Gasteiger partial charge on any atom is 0.326 e. The zero-order valence-electron chi connectivity index (χ0n) is 16.5. The summed E-state index contributed by atoms with van der Waals surface area (Å²) in [5.41, 5.74) is 1.02. The lowest BCUT2D eigenvalue weighted by Crippen LogP contribution is -2.49. The number of fused-ring (bicyclic) bond motifs is 1. The van der Waals surface area contributed by atoms with Crippen LogP contribution in [-0.2, 0) is 11.3 Å². The van der Waals surface area contributed by atoms with Gasteiger partial charge in [0.25, 0.3) is 5.91 Å². The summed E-state index contributed by atoms with van der Waals surface area (Å²) < 4.78 is 2.17. The molecule has 5 heteroatoms.